The number of carbonyl (C=O) groups excluding carboxylic acids is 1. The van der Waals surface area contributed by atoms with E-state index in [2.05, 4.69) is 12.2 Å². The highest BCUT2D eigenvalue weighted by molar-refractivity contribution is 5.69. The number of hydrogen-bond acceptors (Lipinski definition) is 3. The highest BCUT2D eigenvalue weighted by Crippen LogP contribution is 2.10. The maximum Gasteiger partial charge on any atom is 0.307 e. The molecule has 3 heteroatoms. The molecule has 0 aliphatic rings. The van der Waals surface area contributed by atoms with E-state index in [1.54, 1.807) is 0 Å². The number of rotatable bonds is 14. The van der Waals surface area contributed by atoms with Crippen molar-refractivity contribution < 1.29 is 9.53 Å². The van der Waals surface area contributed by atoms with Crippen LogP contribution in [0, 0.1) is 0 Å². The molecule has 3 nitrogen and oxygen atoms in total. The number of nitrogens with one attached hydrogen (secondary N) is 1. The fourth-order valence-electron chi connectivity index (χ4n) is 2.07. The normalized spacial score (nSPS) is 10.6. The lowest BCUT2D eigenvalue weighted by Gasteiger charge is -2.05. The van der Waals surface area contributed by atoms with Gasteiger partial charge in [0.05, 0.1) is 13.0 Å². The maximum absolute atomic E-state index is 11.2. The first-order valence-electron chi connectivity index (χ1n) is 8.11. The van der Waals surface area contributed by atoms with E-state index in [1.165, 1.54) is 57.8 Å². The van der Waals surface area contributed by atoms with Gasteiger partial charge in [-0.05, 0) is 13.5 Å². The summed E-state index contributed by atoms with van der Waals surface area (Å²) in [6, 6.07) is 0. The zero-order valence-electron chi connectivity index (χ0n) is 13.0. The van der Waals surface area contributed by atoms with Gasteiger partial charge in [-0.3, -0.25) is 4.79 Å². The quantitative estimate of drug-likeness (QED) is 0.382. The van der Waals surface area contributed by atoms with Crippen molar-refractivity contribution in [3.63, 3.8) is 0 Å². The Morgan fingerprint density at radius 1 is 0.895 bits per heavy atom. The van der Waals surface area contributed by atoms with Crippen LogP contribution in [0.1, 0.15) is 77.6 Å². The molecule has 19 heavy (non-hydrogen) atoms. The molecule has 0 heterocycles. The van der Waals surface area contributed by atoms with Crippen LogP contribution in [0.5, 0.6) is 0 Å². The Bertz CT molecular complexity index is 195. The van der Waals surface area contributed by atoms with Crippen LogP contribution < -0.4 is 5.32 Å². The maximum atomic E-state index is 11.2. The zero-order chi connectivity index (χ0) is 14.2. The summed E-state index contributed by atoms with van der Waals surface area (Å²) in [5.41, 5.74) is 0. The van der Waals surface area contributed by atoms with Crippen molar-refractivity contribution in [2.45, 2.75) is 77.6 Å². The van der Waals surface area contributed by atoms with Gasteiger partial charge in [-0.25, -0.2) is 0 Å². The SMILES string of the molecule is CCCCCCCCCCCCOC(=O)CCNC. The number of esters is 1. The second kappa shape index (κ2) is 15.5. The smallest absolute Gasteiger partial charge is 0.307 e. The molecule has 0 rings (SSSR count). The third-order valence-corrected chi connectivity index (χ3v) is 3.34. The van der Waals surface area contributed by atoms with Gasteiger partial charge in [0.25, 0.3) is 0 Å². The van der Waals surface area contributed by atoms with Crippen molar-refractivity contribution in [2.24, 2.45) is 0 Å². The van der Waals surface area contributed by atoms with Crippen molar-refractivity contribution in [2.75, 3.05) is 20.2 Å². The Labute approximate surface area is 119 Å². The third kappa shape index (κ3) is 15.4. The Morgan fingerprint density at radius 3 is 1.95 bits per heavy atom. The second-order valence-electron chi connectivity index (χ2n) is 5.26. The Hall–Kier alpha value is -0.570. The lowest BCUT2D eigenvalue weighted by atomic mass is 10.1. The van der Waals surface area contributed by atoms with Crippen molar-refractivity contribution in [1.82, 2.24) is 5.32 Å². The van der Waals surface area contributed by atoms with Crippen LogP contribution in [0.25, 0.3) is 0 Å². The second-order valence-corrected chi connectivity index (χ2v) is 5.26. The van der Waals surface area contributed by atoms with E-state index in [4.69, 9.17) is 4.74 Å². The summed E-state index contributed by atoms with van der Waals surface area (Å²) in [6.45, 7) is 3.56. The van der Waals surface area contributed by atoms with Gasteiger partial charge >= 0.3 is 5.97 Å². The monoisotopic (exact) mass is 271 g/mol. The number of hydrogen-bond donors (Lipinski definition) is 1. The molecule has 0 bridgehead atoms. The van der Waals surface area contributed by atoms with E-state index < -0.39 is 0 Å². The molecule has 0 unspecified atom stereocenters. The van der Waals surface area contributed by atoms with Gasteiger partial charge in [0.15, 0.2) is 0 Å². The molecule has 0 spiro atoms. The predicted octanol–water partition coefficient (Wildman–Crippen LogP) is 4.06. The first-order valence-corrected chi connectivity index (χ1v) is 8.11. The Balaban J connectivity index is 3.04. The summed E-state index contributed by atoms with van der Waals surface area (Å²) in [5.74, 6) is -0.0784. The number of unbranched alkanes of at least 4 members (excludes halogenated alkanes) is 9. The van der Waals surface area contributed by atoms with E-state index in [0.29, 0.717) is 19.6 Å². The van der Waals surface area contributed by atoms with E-state index in [0.717, 1.165) is 6.42 Å². The molecular weight excluding hydrogens is 238 g/mol. The first kappa shape index (κ1) is 18.4. The standard InChI is InChI=1S/C16H33NO2/c1-3-4-5-6-7-8-9-10-11-12-15-19-16(18)13-14-17-2/h17H,3-15H2,1-2H3. The van der Waals surface area contributed by atoms with Crippen LogP contribution >= 0.6 is 0 Å². The lowest BCUT2D eigenvalue weighted by molar-refractivity contribution is -0.143. The van der Waals surface area contributed by atoms with Crippen molar-refractivity contribution in [3.05, 3.63) is 0 Å². The van der Waals surface area contributed by atoms with Crippen molar-refractivity contribution in [1.29, 1.82) is 0 Å². The van der Waals surface area contributed by atoms with Gasteiger partial charge < -0.3 is 10.1 Å². The van der Waals surface area contributed by atoms with Crippen LogP contribution in [0.2, 0.25) is 0 Å². The van der Waals surface area contributed by atoms with Crippen LogP contribution in [-0.2, 0) is 9.53 Å². The van der Waals surface area contributed by atoms with Gasteiger partial charge in [0.1, 0.15) is 0 Å². The number of ether oxygens (including phenoxy) is 1. The highest BCUT2D eigenvalue weighted by Gasteiger charge is 2.00. The van der Waals surface area contributed by atoms with Gasteiger partial charge in [0.2, 0.25) is 0 Å². The van der Waals surface area contributed by atoms with E-state index in [1.807, 2.05) is 7.05 Å². The minimum atomic E-state index is -0.0784. The zero-order valence-corrected chi connectivity index (χ0v) is 13.0. The summed E-state index contributed by atoms with van der Waals surface area (Å²) in [4.78, 5) is 11.2. The molecule has 0 aromatic rings. The molecule has 0 aromatic heterocycles. The average Bonchev–Trinajstić information content (AvgIpc) is 2.42. The van der Waals surface area contributed by atoms with E-state index in [-0.39, 0.29) is 5.97 Å². The first-order chi connectivity index (χ1) is 9.31. The molecule has 0 atom stereocenters. The highest BCUT2D eigenvalue weighted by atomic mass is 16.5. The molecule has 0 aromatic carbocycles. The van der Waals surface area contributed by atoms with Gasteiger partial charge in [-0.15, -0.1) is 0 Å². The minimum absolute atomic E-state index is 0.0784. The summed E-state index contributed by atoms with van der Waals surface area (Å²) >= 11 is 0. The summed E-state index contributed by atoms with van der Waals surface area (Å²) in [5, 5.41) is 2.94. The topological polar surface area (TPSA) is 38.3 Å². The van der Waals surface area contributed by atoms with Gasteiger partial charge in [-0.2, -0.15) is 0 Å². The molecule has 0 aliphatic heterocycles. The molecule has 1 N–H and O–H groups in total. The van der Waals surface area contributed by atoms with Crippen LogP contribution in [-0.4, -0.2) is 26.2 Å². The largest absolute Gasteiger partial charge is 0.466 e. The molecule has 0 saturated carbocycles. The Morgan fingerprint density at radius 2 is 1.42 bits per heavy atom. The molecule has 0 saturated heterocycles. The summed E-state index contributed by atoms with van der Waals surface area (Å²) < 4.78 is 5.14. The average molecular weight is 271 g/mol. The van der Waals surface area contributed by atoms with Gasteiger partial charge in [0, 0.05) is 6.54 Å². The van der Waals surface area contributed by atoms with Crippen LogP contribution in [0.15, 0.2) is 0 Å². The number of carbonyl (C=O) groups is 1. The fraction of sp³-hybridized carbons (Fsp3) is 0.938. The van der Waals surface area contributed by atoms with Crippen LogP contribution in [0.4, 0.5) is 0 Å². The molecule has 0 aliphatic carbocycles. The summed E-state index contributed by atoms with van der Waals surface area (Å²) in [6.07, 6.45) is 13.6. The fourth-order valence-corrected chi connectivity index (χ4v) is 2.07. The molecular formula is C16H33NO2. The molecule has 114 valence electrons. The third-order valence-electron chi connectivity index (χ3n) is 3.34. The molecule has 0 radical (unpaired) electrons. The molecule has 0 amide bonds. The summed E-state index contributed by atoms with van der Waals surface area (Å²) in [7, 11) is 1.84. The van der Waals surface area contributed by atoms with Gasteiger partial charge in [-0.1, -0.05) is 64.7 Å². The van der Waals surface area contributed by atoms with Crippen LogP contribution in [0.3, 0.4) is 0 Å². The van der Waals surface area contributed by atoms with Crippen molar-refractivity contribution >= 4 is 5.97 Å². The predicted molar refractivity (Wildman–Crippen MR) is 81.3 cm³/mol. The van der Waals surface area contributed by atoms with E-state index >= 15 is 0 Å². The van der Waals surface area contributed by atoms with E-state index in [9.17, 15) is 4.79 Å². The lowest BCUT2D eigenvalue weighted by Crippen LogP contribution is -2.15. The Kier molecular flexibility index (Phi) is 15.0. The van der Waals surface area contributed by atoms with Crippen molar-refractivity contribution in [3.8, 4) is 0 Å². The molecule has 0 fully saturated rings. The minimum Gasteiger partial charge on any atom is -0.466 e.